The van der Waals surface area contributed by atoms with Gasteiger partial charge in [-0.05, 0) is 37.5 Å². The summed E-state index contributed by atoms with van der Waals surface area (Å²) in [5.41, 5.74) is 0. The Morgan fingerprint density at radius 2 is 0.495 bits per heavy atom. The van der Waals surface area contributed by atoms with Crippen molar-refractivity contribution in [3.05, 3.63) is 0 Å². The highest BCUT2D eigenvalue weighted by molar-refractivity contribution is 7.47. The number of carbonyl (C=O) groups is 4. The molecular weight excluding hydrogens is 1220 g/mol. The number of carbonyl (C=O) groups excluding carboxylic acids is 4. The van der Waals surface area contributed by atoms with Crippen molar-refractivity contribution in [1.82, 2.24) is 0 Å². The van der Waals surface area contributed by atoms with Gasteiger partial charge in [0.15, 0.2) is 12.2 Å². The molecule has 0 saturated carbocycles. The van der Waals surface area contributed by atoms with Gasteiger partial charge in [-0.1, -0.05) is 330 Å². The number of phosphoric acid groups is 2. The second-order valence-electron chi connectivity index (χ2n) is 27.6. The first kappa shape index (κ1) is 91.1. The van der Waals surface area contributed by atoms with Gasteiger partial charge in [0.2, 0.25) is 0 Å². The number of ether oxygens (including phenoxy) is 4. The normalized spacial score (nSPS) is 14.1. The molecular formula is C74H144O17P2. The largest absolute Gasteiger partial charge is 0.472 e. The highest BCUT2D eigenvalue weighted by atomic mass is 31.2. The van der Waals surface area contributed by atoms with Gasteiger partial charge in [0.05, 0.1) is 26.4 Å². The third kappa shape index (κ3) is 68.4. The van der Waals surface area contributed by atoms with Gasteiger partial charge in [0, 0.05) is 25.7 Å². The summed E-state index contributed by atoms with van der Waals surface area (Å²) >= 11 is 0. The summed E-state index contributed by atoms with van der Waals surface area (Å²) in [4.78, 5) is 72.5. The fraction of sp³-hybridized carbons (Fsp3) is 0.946. The van der Waals surface area contributed by atoms with E-state index in [1.165, 1.54) is 193 Å². The highest BCUT2D eigenvalue weighted by Gasteiger charge is 2.30. The first-order valence-corrected chi connectivity index (χ1v) is 41.5. The van der Waals surface area contributed by atoms with Crippen LogP contribution in [0.15, 0.2) is 0 Å². The minimum atomic E-state index is -4.95. The van der Waals surface area contributed by atoms with E-state index in [9.17, 15) is 43.2 Å². The quantitative estimate of drug-likeness (QED) is 0.0222. The Hall–Kier alpha value is -1.94. The molecule has 0 aromatic heterocycles. The second kappa shape index (κ2) is 66.0. The lowest BCUT2D eigenvalue weighted by Gasteiger charge is -2.21. The van der Waals surface area contributed by atoms with Gasteiger partial charge in [0.1, 0.15) is 19.3 Å². The minimum absolute atomic E-state index is 0.106. The molecule has 552 valence electrons. The molecule has 0 rings (SSSR count). The number of rotatable bonds is 73. The molecule has 0 saturated heterocycles. The van der Waals surface area contributed by atoms with Crippen molar-refractivity contribution in [2.75, 3.05) is 39.6 Å². The lowest BCUT2D eigenvalue weighted by molar-refractivity contribution is -0.161. The number of hydrogen-bond acceptors (Lipinski definition) is 15. The minimum Gasteiger partial charge on any atom is -0.462 e. The number of esters is 4. The third-order valence-corrected chi connectivity index (χ3v) is 19.1. The molecule has 5 atom stereocenters. The average molecular weight is 1370 g/mol. The van der Waals surface area contributed by atoms with Crippen LogP contribution in [-0.2, 0) is 65.4 Å². The molecule has 0 amide bonds. The van der Waals surface area contributed by atoms with Crippen LogP contribution in [0.3, 0.4) is 0 Å². The number of aliphatic hydroxyl groups excluding tert-OH is 1. The first-order chi connectivity index (χ1) is 44.9. The van der Waals surface area contributed by atoms with Crippen molar-refractivity contribution in [3.63, 3.8) is 0 Å². The molecule has 0 heterocycles. The zero-order chi connectivity index (χ0) is 68.6. The fourth-order valence-electron chi connectivity index (χ4n) is 11.3. The Balaban J connectivity index is 5.14. The maximum Gasteiger partial charge on any atom is 0.472 e. The SMILES string of the molecule is CCCCCCCCCCCCCCCCCCCCCC(=O)O[C@H](COC(=O)CCCCCCCCCCCCCCC(C)C)COP(=O)(O)OC[C@@H](O)COP(=O)(O)OC[C@@H](COC(=O)CCCCCCC)OC(=O)CCCCCCCCCCCCCC(C)C. The number of unbranched alkanes of at least 4 members (excludes halogenated alkanes) is 43. The smallest absolute Gasteiger partial charge is 0.462 e. The molecule has 3 N–H and O–H groups in total. The lowest BCUT2D eigenvalue weighted by atomic mass is 10.0. The summed E-state index contributed by atoms with van der Waals surface area (Å²) < 4.78 is 68.2. The van der Waals surface area contributed by atoms with Crippen LogP contribution in [0.25, 0.3) is 0 Å². The second-order valence-corrected chi connectivity index (χ2v) is 30.5. The molecule has 93 heavy (non-hydrogen) atoms. The van der Waals surface area contributed by atoms with E-state index in [-0.39, 0.29) is 25.7 Å². The van der Waals surface area contributed by atoms with Gasteiger partial charge in [-0.3, -0.25) is 37.3 Å². The molecule has 0 bridgehead atoms. The van der Waals surface area contributed by atoms with E-state index in [1.807, 2.05) is 0 Å². The Morgan fingerprint density at radius 1 is 0.290 bits per heavy atom. The van der Waals surface area contributed by atoms with Gasteiger partial charge in [-0.2, -0.15) is 0 Å². The van der Waals surface area contributed by atoms with Crippen molar-refractivity contribution in [2.45, 2.75) is 400 Å². The van der Waals surface area contributed by atoms with E-state index in [4.69, 9.17) is 37.0 Å². The number of aliphatic hydroxyl groups is 1. The van der Waals surface area contributed by atoms with Crippen LogP contribution in [0.5, 0.6) is 0 Å². The van der Waals surface area contributed by atoms with Crippen LogP contribution in [0.1, 0.15) is 382 Å². The summed E-state index contributed by atoms with van der Waals surface area (Å²) in [6, 6.07) is 0. The van der Waals surface area contributed by atoms with Crippen molar-refractivity contribution < 1.29 is 80.2 Å². The summed E-state index contributed by atoms with van der Waals surface area (Å²) in [5.74, 6) is -0.582. The van der Waals surface area contributed by atoms with Crippen molar-refractivity contribution in [2.24, 2.45) is 11.8 Å². The Bertz CT molecular complexity index is 1800. The molecule has 0 aliphatic rings. The molecule has 0 fully saturated rings. The van der Waals surface area contributed by atoms with E-state index in [2.05, 4.69) is 41.5 Å². The van der Waals surface area contributed by atoms with Crippen LogP contribution in [0.2, 0.25) is 0 Å². The molecule has 0 spiro atoms. The fourth-order valence-corrected chi connectivity index (χ4v) is 12.9. The monoisotopic (exact) mass is 1370 g/mol. The van der Waals surface area contributed by atoms with E-state index < -0.39 is 97.5 Å². The predicted octanol–water partition coefficient (Wildman–Crippen LogP) is 21.6. The lowest BCUT2D eigenvalue weighted by Crippen LogP contribution is -2.30. The van der Waals surface area contributed by atoms with Crippen molar-refractivity contribution in [3.8, 4) is 0 Å². The molecule has 2 unspecified atom stereocenters. The molecule has 0 aliphatic heterocycles. The molecule has 19 heteroatoms. The average Bonchev–Trinajstić information content (AvgIpc) is 3.07. The molecule has 0 aromatic rings. The van der Waals surface area contributed by atoms with Crippen LogP contribution in [-0.4, -0.2) is 96.7 Å². The van der Waals surface area contributed by atoms with Crippen LogP contribution in [0.4, 0.5) is 0 Å². The first-order valence-electron chi connectivity index (χ1n) is 38.5. The molecule has 0 aliphatic carbocycles. The van der Waals surface area contributed by atoms with Gasteiger partial charge < -0.3 is 33.8 Å². The Kier molecular flexibility index (Phi) is 64.6. The van der Waals surface area contributed by atoms with Crippen molar-refractivity contribution in [1.29, 1.82) is 0 Å². The summed E-state index contributed by atoms with van der Waals surface area (Å²) in [6.45, 7) is 9.51. The van der Waals surface area contributed by atoms with E-state index in [0.29, 0.717) is 25.7 Å². The zero-order valence-corrected chi connectivity index (χ0v) is 62.3. The van der Waals surface area contributed by atoms with Gasteiger partial charge in [-0.15, -0.1) is 0 Å². The number of phosphoric ester groups is 2. The summed E-state index contributed by atoms with van der Waals surface area (Å²) in [7, 11) is -9.90. The Labute approximate surface area is 568 Å². The van der Waals surface area contributed by atoms with E-state index in [0.717, 1.165) is 108 Å². The summed E-state index contributed by atoms with van der Waals surface area (Å²) in [5, 5.41) is 10.6. The Morgan fingerprint density at radius 3 is 0.731 bits per heavy atom. The van der Waals surface area contributed by atoms with Gasteiger partial charge >= 0.3 is 39.5 Å². The van der Waals surface area contributed by atoms with E-state index >= 15 is 0 Å². The number of hydrogen-bond donors (Lipinski definition) is 3. The maximum atomic E-state index is 13.1. The van der Waals surface area contributed by atoms with Crippen LogP contribution < -0.4 is 0 Å². The standard InChI is InChI=1S/C74H144O17P2/c1-7-9-11-13-14-15-16-17-18-19-20-21-22-23-30-35-40-46-52-58-74(79)91-70(63-85-72(77)57-51-45-39-34-29-25-24-27-32-37-43-48-54-66(3)4)65-89-93(82,83)87-61-68(75)60-86-92(80,81)88-64-69(62-84-71(76)56-50-42-12-10-8-2)90-73(78)59-53-47-41-36-31-26-28-33-38-44-49-55-67(5)6/h66-70,75H,7-65H2,1-6H3,(H,80,81)(H,82,83)/t68-,69+,70+/m0/s1. The predicted molar refractivity (Wildman–Crippen MR) is 377 cm³/mol. The topological polar surface area (TPSA) is 237 Å². The molecule has 17 nitrogen and oxygen atoms in total. The molecule has 0 radical (unpaired) electrons. The summed E-state index contributed by atoms with van der Waals surface area (Å²) in [6.07, 6.45) is 53.1. The van der Waals surface area contributed by atoms with Crippen molar-refractivity contribution >= 4 is 39.5 Å². The zero-order valence-electron chi connectivity index (χ0n) is 60.6. The highest BCUT2D eigenvalue weighted by Crippen LogP contribution is 2.45. The maximum absolute atomic E-state index is 13.1. The van der Waals surface area contributed by atoms with E-state index in [1.54, 1.807) is 0 Å². The van der Waals surface area contributed by atoms with Gasteiger partial charge in [-0.25, -0.2) is 9.13 Å². The van der Waals surface area contributed by atoms with Crippen LogP contribution >= 0.6 is 15.6 Å². The molecule has 0 aromatic carbocycles. The van der Waals surface area contributed by atoms with Crippen LogP contribution in [0, 0.1) is 11.8 Å². The third-order valence-electron chi connectivity index (χ3n) is 17.2. The van der Waals surface area contributed by atoms with Gasteiger partial charge in [0.25, 0.3) is 0 Å².